The van der Waals surface area contributed by atoms with Crippen LogP contribution in [0.5, 0.6) is 0 Å². The van der Waals surface area contributed by atoms with Crippen molar-refractivity contribution >= 4 is 23.4 Å². The molecule has 5 nitrogen and oxygen atoms in total. The van der Waals surface area contributed by atoms with E-state index in [4.69, 9.17) is 4.42 Å². The average Bonchev–Trinajstić information content (AvgIpc) is 3.11. The molecule has 26 heavy (non-hydrogen) atoms. The van der Waals surface area contributed by atoms with E-state index in [0.717, 1.165) is 21.8 Å². The Labute approximate surface area is 157 Å². The number of hydrogen-bond acceptors (Lipinski definition) is 5. The third-order valence-electron chi connectivity index (χ3n) is 3.80. The van der Waals surface area contributed by atoms with Gasteiger partial charge in [-0.25, -0.2) is 4.98 Å². The van der Waals surface area contributed by atoms with Gasteiger partial charge in [0.2, 0.25) is 11.8 Å². The average molecular weight is 367 g/mol. The Kier molecular flexibility index (Phi) is 6.09. The van der Waals surface area contributed by atoms with Crippen LogP contribution in [0.4, 0.5) is 5.69 Å². The molecule has 0 saturated heterocycles. The fourth-order valence-corrected chi connectivity index (χ4v) is 3.16. The van der Waals surface area contributed by atoms with Crippen molar-refractivity contribution < 1.29 is 9.21 Å². The number of para-hydroxylation sites is 1. The molecule has 0 radical (unpaired) electrons. The Morgan fingerprint density at radius 1 is 1.15 bits per heavy atom. The SMILES string of the molecule is CSc1ccccc1NC(=O)CN(C)Cc1coc(-c2ccccc2)n1. The quantitative estimate of drug-likeness (QED) is 0.636. The molecule has 1 N–H and O–H groups in total. The first-order valence-electron chi connectivity index (χ1n) is 8.27. The summed E-state index contributed by atoms with van der Waals surface area (Å²) in [5.41, 5.74) is 2.57. The van der Waals surface area contributed by atoms with E-state index in [-0.39, 0.29) is 12.5 Å². The lowest BCUT2D eigenvalue weighted by atomic mass is 10.2. The van der Waals surface area contributed by atoms with Crippen molar-refractivity contribution in [1.82, 2.24) is 9.88 Å². The van der Waals surface area contributed by atoms with Crippen molar-refractivity contribution in [2.45, 2.75) is 11.4 Å². The zero-order valence-corrected chi connectivity index (χ0v) is 15.6. The molecule has 0 aliphatic heterocycles. The molecule has 0 bridgehead atoms. The summed E-state index contributed by atoms with van der Waals surface area (Å²) in [7, 11) is 1.89. The number of benzene rings is 2. The highest BCUT2D eigenvalue weighted by atomic mass is 32.2. The van der Waals surface area contributed by atoms with E-state index in [0.29, 0.717) is 12.4 Å². The van der Waals surface area contributed by atoms with Crippen LogP contribution in [0.15, 0.2) is 70.2 Å². The van der Waals surface area contributed by atoms with Gasteiger partial charge in [-0.2, -0.15) is 0 Å². The first-order valence-corrected chi connectivity index (χ1v) is 9.49. The summed E-state index contributed by atoms with van der Waals surface area (Å²) in [4.78, 5) is 19.8. The normalized spacial score (nSPS) is 10.9. The number of aromatic nitrogens is 1. The third kappa shape index (κ3) is 4.74. The van der Waals surface area contributed by atoms with Crippen LogP contribution in [0, 0.1) is 0 Å². The van der Waals surface area contributed by atoms with Gasteiger partial charge in [-0.3, -0.25) is 9.69 Å². The second-order valence-electron chi connectivity index (χ2n) is 5.93. The molecule has 0 fully saturated rings. The first-order chi connectivity index (χ1) is 12.7. The molecule has 0 unspecified atom stereocenters. The van der Waals surface area contributed by atoms with E-state index < -0.39 is 0 Å². The van der Waals surface area contributed by atoms with Crippen molar-refractivity contribution in [1.29, 1.82) is 0 Å². The van der Waals surface area contributed by atoms with Gasteiger partial charge >= 0.3 is 0 Å². The molecule has 0 spiro atoms. The number of nitrogens with one attached hydrogen (secondary N) is 1. The number of nitrogens with zero attached hydrogens (tertiary/aromatic N) is 2. The Morgan fingerprint density at radius 3 is 2.65 bits per heavy atom. The minimum absolute atomic E-state index is 0.0548. The Balaban J connectivity index is 1.56. The minimum Gasteiger partial charge on any atom is -0.444 e. The highest BCUT2D eigenvalue weighted by molar-refractivity contribution is 7.98. The smallest absolute Gasteiger partial charge is 0.238 e. The zero-order chi connectivity index (χ0) is 18.4. The van der Waals surface area contributed by atoms with Crippen molar-refractivity contribution in [3.63, 3.8) is 0 Å². The summed E-state index contributed by atoms with van der Waals surface area (Å²) in [5, 5.41) is 2.96. The van der Waals surface area contributed by atoms with Crippen LogP contribution in [0.3, 0.4) is 0 Å². The van der Waals surface area contributed by atoms with Gasteiger partial charge in [-0.05, 0) is 37.6 Å². The second-order valence-corrected chi connectivity index (χ2v) is 6.78. The summed E-state index contributed by atoms with van der Waals surface area (Å²) in [6.45, 7) is 0.810. The summed E-state index contributed by atoms with van der Waals surface area (Å²) < 4.78 is 5.54. The predicted octanol–water partition coefficient (Wildman–Crippen LogP) is 4.13. The number of thioether (sulfide) groups is 1. The lowest BCUT2D eigenvalue weighted by molar-refractivity contribution is -0.117. The number of oxazole rings is 1. The zero-order valence-electron chi connectivity index (χ0n) is 14.8. The van der Waals surface area contributed by atoms with Gasteiger partial charge in [0.15, 0.2) is 0 Å². The van der Waals surface area contributed by atoms with Crippen LogP contribution in [0.1, 0.15) is 5.69 Å². The van der Waals surface area contributed by atoms with Gasteiger partial charge in [0.25, 0.3) is 0 Å². The van der Waals surface area contributed by atoms with Crippen molar-refractivity contribution in [2.75, 3.05) is 25.2 Å². The van der Waals surface area contributed by atoms with E-state index in [9.17, 15) is 4.79 Å². The fourth-order valence-electron chi connectivity index (χ4n) is 2.61. The second kappa shape index (κ2) is 8.69. The maximum Gasteiger partial charge on any atom is 0.238 e. The molecular weight excluding hydrogens is 346 g/mol. The summed E-state index contributed by atoms with van der Waals surface area (Å²) in [5.74, 6) is 0.535. The number of anilines is 1. The number of amides is 1. The van der Waals surface area contributed by atoms with E-state index in [1.54, 1.807) is 18.0 Å². The molecule has 1 aromatic heterocycles. The van der Waals surface area contributed by atoms with Crippen molar-refractivity contribution in [3.8, 4) is 11.5 Å². The molecule has 0 saturated carbocycles. The van der Waals surface area contributed by atoms with Gasteiger partial charge in [0, 0.05) is 17.0 Å². The highest BCUT2D eigenvalue weighted by Crippen LogP contribution is 2.24. The van der Waals surface area contributed by atoms with Gasteiger partial charge in [0.1, 0.15) is 6.26 Å². The number of carbonyl (C=O) groups excluding carboxylic acids is 1. The molecule has 3 aromatic rings. The molecular formula is C20H21N3O2S. The molecule has 0 aliphatic carbocycles. The lowest BCUT2D eigenvalue weighted by Crippen LogP contribution is -2.30. The summed E-state index contributed by atoms with van der Waals surface area (Å²) >= 11 is 1.61. The number of hydrogen-bond donors (Lipinski definition) is 1. The van der Waals surface area contributed by atoms with Crippen LogP contribution >= 0.6 is 11.8 Å². The summed E-state index contributed by atoms with van der Waals surface area (Å²) in [6.07, 6.45) is 3.63. The van der Waals surface area contributed by atoms with Gasteiger partial charge < -0.3 is 9.73 Å². The summed E-state index contributed by atoms with van der Waals surface area (Å²) in [6, 6.07) is 17.5. The third-order valence-corrected chi connectivity index (χ3v) is 4.59. The molecule has 134 valence electrons. The molecule has 1 amide bonds. The van der Waals surface area contributed by atoms with Gasteiger partial charge in [-0.1, -0.05) is 30.3 Å². The standard InChI is InChI=1S/C20H21N3O2S/c1-23(13-19(24)22-17-10-6-7-11-18(17)26-2)12-16-14-25-20(21-16)15-8-4-3-5-9-15/h3-11,14H,12-13H2,1-2H3,(H,22,24). The maximum atomic E-state index is 12.3. The maximum absolute atomic E-state index is 12.3. The van der Waals surface area contributed by atoms with E-state index in [1.807, 2.05) is 72.8 Å². The van der Waals surface area contributed by atoms with Gasteiger partial charge in [-0.15, -0.1) is 11.8 Å². The molecule has 3 rings (SSSR count). The number of likely N-dealkylation sites (N-methyl/N-ethyl adjacent to an activating group) is 1. The predicted molar refractivity (Wildman–Crippen MR) is 105 cm³/mol. The Morgan fingerprint density at radius 2 is 1.88 bits per heavy atom. The molecule has 1 heterocycles. The highest BCUT2D eigenvalue weighted by Gasteiger charge is 2.12. The van der Waals surface area contributed by atoms with Crippen LogP contribution in [-0.2, 0) is 11.3 Å². The van der Waals surface area contributed by atoms with E-state index >= 15 is 0 Å². The van der Waals surface area contributed by atoms with Crippen LogP contribution in [0.25, 0.3) is 11.5 Å². The van der Waals surface area contributed by atoms with E-state index in [2.05, 4.69) is 10.3 Å². The molecule has 0 aliphatic rings. The minimum atomic E-state index is -0.0548. The Hall–Kier alpha value is -2.57. The lowest BCUT2D eigenvalue weighted by Gasteiger charge is -2.15. The largest absolute Gasteiger partial charge is 0.444 e. The molecule has 2 aromatic carbocycles. The van der Waals surface area contributed by atoms with Crippen LogP contribution in [0.2, 0.25) is 0 Å². The monoisotopic (exact) mass is 367 g/mol. The molecule has 6 heteroatoms. The number of carbonyl (C=O) groups is 1. The first kappa shape index (κ1) is 18.2. The fraction of sp³-hybridized carbons (Fsp3) is 0.200. The van der Waals surface area contributed by atoms with Crippen molar-refractivity contribution in [3.05, 3.63) is 66.6 Å². The van der Waals surface area contributed by atoms with Gasteiger partial charge in [0.05, 0.1) is 17.9 Å². The van der Waals surface area contributed by atoms with Crippen molar-refractivity contribution in [2.24, 2.45) is 0 Å². The van der Waals surface area contributed by atoms with Crippen LogP contribution in [-0.4, -0.2) is 35.6 Å². The molecule has 0 atom stereocenters. The van der Waals surface area contributed by atoms with E-state index in [1.165, 1.54) is 0 Å². The topological polar surface area (TPSA) is 58.4 Å². The Bertz CT molecular complexity index is 864. The van der Waals surface area contributed by atoms with Crippen LogP contribution < -0.4 is 5.32 Å². The number of rotatable bonds is 7.